The van der Waals surface area contributed by atoms with Gasteiger partial charge in [-0.2, -0.15) is 5.10 Å². The Morgan fingerprint density at radius 1 is 1.07 bits per heavy atom. The molecule has 2 saturated heterocycles. The van der Waals surface area contributed by atoms with Gasteiger partial charge in [-0.15, -0.1) is 0 Å². The molecule has 0 unspecified atom stereocenters. The lowest BCUT2D eigenvalue weighted by molar-refractivity contribution is -0.141. The molecule has 2 fully saturated rings. The highest BCUT2D eigenvalue weighted by Crippen LogP contribution is 2.22. The maximum absolute atomic E-state index is 12.6. The number of amides is 2. The van der Waals surface area contributed by atoms with Crippen molar-refractivity contribution in [2.24, 2.45) is 5.92 Å². The van der Waals surface area contributed by atoms with Crippen LogP contribution >= 0.6 is 0 Å². The van der Waals surface area contributed by atoms with E-state index in [1.165, 1.54) is 17.2 Å². The number of likely N-dealkylation sites (tertiary alicyclic amines) is 2. The number of carbonyl (C=O) groups excluding carboxylic acids is 2. The Labute approximate surface area is 159 Å². The first kappa shape index (κ1) is 19.4. The lowest BCUT2D eigenvalue weighted by Crippen LogP contribution is -2.46. The van der Waals surface area contributed by atoms with Crippen molar-refractivity contribution in [1.29, 1.82) is 0 Å². The first-order valence-electron chi connectivity index (χ1n) is 9.77. The van der Waals surface area contributed by atoms with Crippen LogP contribution in [0.3, 0.4) is 0 Å². The average Bonchev–Trinajstić information content (AvgIpc) is 2.69. The molecule has 0 aromatic carbocycles. The van der Waals surface area contributed by atoms with E-state index >= 15 is 0 Å². The SMILES string of the molecule is CN(C)c1cnn(CC(=O)N2CCC(C(=O)N3CCCCC3)CC2)c(=O)c1. The molecular formula is C19H29N5O3. The zero-order valence-corrected chi connectivity index (χ0v) is 16.3. The topological polar surface area (TPSA) is 78.8 Å². The Morgan fingerprint density at radius 3 is 2.33 bits per heavy atom. The van der Waals surface area contributed by atoms with Gasteiger partial charge in [-0.05, 0) is 32.1 Å². The van der Waals surface area contributed by atoms with Crippen molar-refractivity contribution in [2.45, 2.75) is 38.6 Å². The van der Waals surface area contributed by atoms with Gasteiger partial charge in [-0.25, -0.2) is 4.68 Å². The van der Waals surface area contributed by atoms with Gasteiger partial charge < -0.3 is 14.7 Å². The third-order valence-corrected chi connectivity index (χ3v) is 5.52. The van der Waals surface area contributed by atoms with Gasteiger partial charge in [-0.1, -0.05) is 0 Å². The highest BCUT2D eigenvalue weighted by atomic mass is 16.2. The van der Waals surface area contributed by atoms with Gasteiger partial charge in [0, 0.05) is 52.3 Å². The van der Waals surface area contributed by atoms with Crippen LogP contribution in [0.25, 0.3) is 0 Å². The van der Waals surface area contributed by atoms with Crippen LogP contribution in [0.1, 0.15) is 32.1 Å². The van der Waals surface area contributed by atoms with E-state index in [1.807, 2.05) is 19.0 Å². The summed E-state index contributed by atoms with van der Waals surface area (Å²) in [6.45, 7) is 2.81. The standard InChI is InChI=1S/C19H29N5O3/c1-21(2)16-12-17(25)24(20-13-16)14-18(26)22-10-6-15(7-11-22)19(27)23-8-4-3-5-9-23/h12-13,15H,3-11,14H2,1-2H3. The van der Waals surface area contributed by atoms with Crippen LogP contribution in [0.5, 0.6) is 0 Å². The van der Waals surface area contributed by atoms with Crippen LogP contribution in [0, 0.1) is 5.92 Å². The molecule has 2 aliphatic rings. The molecule has 3 rings (SSSR count). The summed E-state index contributed by atoms with van der Waals surface area (Å²) in [5, 5.41) is 4.09. The monoisotopic (exact) mass is 375 g/mol. The first-order chi connectivity index (χ1) is 13.0. The van der Waals surface area contributed by atoms with E-state index in [-0.39, 0.29) is 29.8 Å². The van der Waals surface area contributed by atoms with Crippen molar-refractivity contribution in [1.82, 2.24) is 19.6 Å². The Bertz CT molecular complexity index is 731. The van der Waals surface area contributed by atoms with Crippen molar-refractivity contribution in [3.8, 4) is 0 Å². The highest BCUT2D eigenvalue weighted by molar-refractivity contribution is 5.80. The second-order valence-corrected chi connectivity index (χ2v) is 7.65. The lowest BCUT2D eigenvalue weighted by atomic mass is 9.94. The van der Waals surface area contributed by atoms with Crippen LogP contribution in [0.15, 0.2) is 17.1 Å². The summed E-state index contributed by atoms with van der Waals surface area (Å²) in [7, 11) is 3.67. The van der Waals surface area contributed by atoms with Crippen LogP contribution in [-0.2, 0) is 16.1 Å². The Balaban J connectivity index is 1.52. The minimum Gasteiger partial charge on any atom is -0.376 e. The summed E-state index contributed by atoms with van der Waals surface area (Å²) in [4.78, 5) is 42.8. The molecule has 0 bridgehead atoms. The molecule has 0 aliphatic carbocycles. The van der Waals surface area contributed by atoms with Gasteiger partial charge in [0.2, 0.25) is 11.8 Å². The van der Waals surface area contributed by atoms with E-state index in [4.69, 9.17) is 0 Å². The molecule has 1 aromatic heterocycles. The van der Waals surface area contributed by atoms with E-state index in [1.54, 1.807) is 16.0 Å². The summed E-state index contributed by atoms with van der Waals surface area (Å²) < 4.78 is 1.19. The molecule has 0 atom stereocenters. The molecular weight excluding hydrogens is 346 g/mol. The number of anilines is 1. The van der Waals surface area contributed by atoms with Gasteiger partial charge in [0.15, 0.2) is 0 Å². The molecule has 148 valence electrons. The number of nitrogens with zero attached hydrogens (tertiary/aromatic N) is 5. The fourth-order valence-electron chi connectivity index (χ4n) is 3.76. The molecule has 0 N–H and O–H groups in total. The molecule has 8 nitrogen and oxygen atoms in total. The quantitative estimate of drug-likeness (QED) is 0.768. The number of aromatic nitrogens is 2. The molecule has 8 heteroatoms. The fraction of sp³-hybridized carbons (Fsp3) is 0.684. The smallest absolute Gasteiger partial charge is 0.269 e. The molecule has 2 aliphatic heterocycles. The Morgan fingerprint density at radius 2 is 1.74 bits per heavy atom. The zero-order valence-electron chi connectivity index (χ0n) is 16.3. The van der Waals surface area contributed by atoms with Gasteiger partial charge >= 0.3 is 0 Å². The number of hydrogen-bond acceptors (Lipinski definition) is 5. The van der Waals surface area contributed by atoms with Crippen molar-refractivity contribution in [3.63, 3.8) is 0 Å². The number of rotatable bonds is 4. The van der Waals surface area contributed by atoms with Crippen LogP contribution in [0.2, 0.25) is 0 Å². The fourth-order valence-corrected chi connectivity index (χ4v) is 3.76. The third kappa shape index (κ3) is 4.67. The summed E-state index contributed by atoms with van der Waals surface area (Å²) in [6, 6.07) is 1.48. The average molecular weight is 375 g/mol. The summed E-state index contributed by atoms with van der Waals surface area (Å²) in [5.74, 6) is 0.150. The molecule has 0 spiro atoms. The van der Waals surface area contributed by atoms with Gasteiger partial charge in [0.05, 0.1) is 11.9 Å². The van der Waals surface area contributed by atoms with E-state index in [9.17, 15) is 14.4 Å². The van der Waals surface area contributed by atoms with Crippen molar-refractivity contribution in [3.05, 3.63) is 22.6 Å². The Kier molecular flexibility index (Phi) is 6.13. The molecule has 3 heterocycles. The maximum atomic E-state index is 12.6. The third-order valence-electron chi connectivity index (χ3n) is 5.52. The maximum Gasteiger partial charge on any atom is 0.269 e. The van der Waals surface area contributed by atoms with E-state index in [0.717, 1.165) is 25.9 Å². The number of carbonyl (C=O) groups is 2. The second kappa shape index (κ2) is 8.54. The largest absolute Gasteiger partial charge is 0.376 e. The second-order valence-electron chi connectivity index (χ2n) is 7.65. The lowest BCUT2D eigenvalue weighted by Gasteiger charge is -2.35. The highest BCUT2D eigenvalue weighted by Gasteiger charge is 2.30. The minimum atomic E-state index is -0.287. The summed E-state index contributed by atoms with van der Waals surface area (Å²) in [5.41, 5.74) is 0.422. The molecule has 27 heavy (non-hydrogen) atoms. The van der Waals surface area contributed by atoms with E-state index in [0.29, 0.717) is 31.6 Å². The molecule has 0 radical (unpaired) electrons. The summed E-state index contributed by atoms with van der Waals surface area (Å²) in [6.07, 6.45) is 6.37. The van der Waals surface area contributed by atoms with Crippen molar-refractivity contribution in [2.75, 3.05) is 45.2 Å². The number of piperidine rings is 2. The van der Waals surface area contributed by atoms with Crippen LogP contribution < -0.4 is 10.5 Å². The van der Waals surface area contributed by atoms with E-state index < -0.39 is 0 Å². The number of hydrogen-bond donors (Lipinski definition) is 0. The summed E-state index contributed by atoms with van der Waals surface area (Å²) >= 11 is 0. The van der Waals surface area contributed by atoms with Gasteiger partial charge in [0.25, 0.3) is 5.56 Å². The van der Waals surface area contributed by atoms with Gasteiger partial charge in [-0.3, -0.25) is 14.4 Å². The van der Waals surface area contributed by atoms with Crippen molar-refractivity contribution >= 4 is 17.5 Å². The van der Waals surface area contributed by atoms with Crippen molar-refractivity contribution < 1.29 is 9.59 Å². The van der Waals surface area contributed by atoms with Gasteiger partial charge in [0.1, 0.15) is 6.54 Å². The predicted molar refractivity (Wildman–Crippen MR) is 103 cm³/mol. The normalized spacial score (nSPS) is 18.4. The minimum absolute atomic E-state index is 0.0207. The molecule has 1 aromatic rings. The van der Waals surface area contributed by atoms with Crippen LogP contribution in [-0.4, -0.2) is 71.7 Å². The molecule has 2 amide bonds. The molecule has 0 saturated carbocycles. The Hall–Kier alpha value is -2.38. The zero-order chi connectivity index (χ0) is 19.4. The van der Waals surface area contributed by atoms with Crippen LogP contribution in [0.4, 0.5) is 5.69 Å². The van der Waals surface area contributed by atoms with E-state index in [2.05, 4.69) is 5.10 Å². The predicted octanol–water partition coefficient (Wildman–Crippen LogP) is 0.560. The first-order valence-corrected chi connectivity index (χ1v) is 9.77.